The van der Waals surface area contributed by atoms with E-state index in [0.29, 0.717) is 8.58 Å². The van der Waals surface area contributed by atoms with E-state index in [2.05, 4.69) is 39.8 Å². The van der Waals surface area contributed by atoms with Crippen LogP contribution in [0.25, 0.3) is 0 Å². The number of hydrogen-bond donors (Lipinski definition) is 0. The summed E-state index contributed by atoms with van der Waals surface area (Å²) >= 11 is 0. The second-order valence-electron chi connectivity index (χ2n) is 6.93. The molecule has 2 atom stereocenters. The van der Waals surface area contributed by atoms with Crippen LogP contribution < -0.4 is 5.30 Å². The van der Waals surface area contributed by atoms with E-state index in [1.54, 1.807) is 24.3 Å². The Morgan fingerprint density at radius 1 is 0.962 bits per heavy atom. The van der Waals surface area contributed by atoms with Gasteiger partial charge in [0.2, 0.25) is 0 Å². The first-order valence-electron chi connectivity index (χ1n) is 9.04. The lowest BCUT2D eigenvalue weighted by Crippen LogP contribution is -2.22. The fourth-order valence-electron chi connectivity index (χ4n) is 3.12. The summed E-state index contributed by atoms with van der Waals surface area (Å²) in [5.41, 5.74) is 4.84. The lowest BCUT2D eigenvalue weighted by atomic mass is 10.1. The van der Waals surface area contributed by atoms with Gasteiger partial charge in [-0.2, -0.15) is 8.42 Å². The van der Waals surface area contributed by atoms with Crippen LogP contribution in [0.5, 0.6) is 0 Å². The van der Waals surface area contributed by atoms with Crippen molar-refractivity contribution in [2.45, 2.75) is 58.5 Å². The van der Waals surface area contributed by atoms with Gasteiger partial charge in [0.15, 0.2) is 0 Å². The van der Waals surface area contributed by atoms with Crippen molar-refractivity contribution in [1.82, 2.24) is 0 Å². The fraction of sp³-hybridized carbons (Fsp3) is 0.429. The van der Waals surface area contributed by atoms with Crippen LogP contribution in [-0.2, 0) is 14.3 Å². The van der Waals surface area contributed by atoms with Gasteiger partial charge < -0.3 is 0 Å². The minimum atomic E-state index is -3.73. The second-order valence-corrected chi connectivity index (χ2v) is 9.76. The Labute approximate surface area is 160 Å². The molecule has 0 spiro atoms. The summed E-state index contributed by atoms with van der Waals surface area (Å²) in [6, 6.07) is 11.2. The minimum absolute atomic E-state index is 0.232. The zero-order valence-corrected chi connectivity index (χ0v) is 18.1. The second kappa shape index (κ2) is 9.12. The first-order valence-corrected chi connectivity index (χ1v) is 11.7. The zero-order valence-electron chi connectivity index (χ0n) is 16.3. The van der Waals surface area contributed by atoms with Gasteiger partial charge in [-0.3, -0.25) is 4.18 Å². The maximum Gasteiger partial charge on any atom is 0.297 e. The predicted molar refractivity (Wildman–Crippen MR) is 112 cm³/mol. The van der Waals surface area contributed by atoms with Crippen molar-refractivity contribution in [3.05, 3.63) is 58.7 Å². The molecule has 0 saturated carbocycles. The number of rotatable bonds is 8. The third kappa shape index (κ3) is 5.64. The van der Waals surface area contributed by atoms with Crippen LogP contribution in [-0.4, -0.2) is 20.7 Å². The molecule has 142 valence electrons. The topological polar surface area (TPSA) is 43.4 Å². The average Bonchev–Trinajstić information content (AvgIpc) is 2.54. The van der Waals surface area contributed by atoms with Crippen LogP contribution in [0.1, 0.15) is 42.0 Å². The highest BCUT2D eigenvalue weighted by Gasteiger charge is 2.21. The Hall–Kier alpha value is -1.22. The summed E-state index contributed by atoms with van der Waals surface area (Å²) in [4.78, 5) is 0.232. The summed E-state index contributed by atoms with van der Waals surface area (Å²) in [6.45, 7) is 10.3. The third-order valence-corrected chi connectivity index (χ3v) is 7.54. The van der Waals surface area contributed by atoms with Gasteiger partial charge in [0.25, 0.3) is 10.1 Å². The molecule has 0 aliphatic rings. The Morgan fingerprint density at radius 3 is 2.08 bits per heavy atom. The minimum Gasteiger partial charge on any atom is -0.263 e. The van der Waals surface area contributed by atoms with E-state index in [9.17, 15) is 8.42 Å². The molecule has 2 rings (SSSR count). The van der Waals surface area contributed by atoms with E-state index in [-0.39, 0.29) is 11.0 Å². The van der Waals surface area contributed by atoms with Gasteiger partial charge in [0, 0.05) is 0 Å². The summed E-state index contributed by atoms with van der Waals surface area (Å²) in [7, 11) is -3.18. The highest BCUT2D eigenvalue weighted by molar-refractivity contribution is 7.86. The van der Waals surface area contributed by atoms with E-state index in [0.717, 1.165) is 24.6 Å². The average molecular weight is 393 g/mol. The molecule has 0 aromatic heterocycles. The molecule has 0 bridgehead atoms. The van der Waals surface area contributed by atoms with Crippen molar-refractivity contribution < 1.29 is 12.6 Å². The molecule has 0 saturated heterocycles. The molecule has 0 aliphatic carbocycles. The highest BCUT2D eigenvalue weighted by Crippen LogP contribution is 2.24. The lowest BCUT2D eigenvalue weighted by molar-refractivity contribution is 0.221. The molecule has 0 fully saturated rings. The van der Waals surface area contributed by atoms with E-state index < -0.39 is 10.1 Å². The number of aryl methyl sites for hydroxylation is 4. The molecule has 2 aromatic rings. The maximum atomic E-state index is 12.6. The van der Waals surface area contributed by atoms with E-state index in [1.165, 1.54) is 22.0 Å². The Bertz CT molecular complexity index is 819. The Morgan fingerprint density at radius 2 is 1.54 bits per heavy atom. The monoisotopic (exact) mass is 392 g/mol. The molecule has 3 nitrogen and oxygen atoms in total. The molecule has 0 amide bonds. The smallest absolute Gasteiger partial charge is 0.263 e. The summed E-state index contributed by atoms with van der Waals surface area (Å²) in [5.74, 6) is 0. The molecular weight excluding hydrogens is 363 g/mol. The maximum absolute atomic E-state index is 12.6. The van der Waals surface area contributed by atoms with Gasteiger partial charge in [-0.25, -0.2) is 0 Å². The number of benzene rings is 2. The van der Waals surface area contributed by atoms with Crippen LogP contribution in [0.4, 0.5) is 0 Å². The van der Waals surface area contributed by atoms with Crippen molar-refractivity contribution in [1.29, 1.82) is 0 Å². The first-order chi connectivity index (χ1) is 12.2. The SMILES string of the molecule is CCCC(CPc1c(C)cc(C)cc1C)OS(=O)(=O)c1ccc(C)cc1. The van der Waals surface area contributed by atoms with Crippen molar-refractivity contribution in [3.63, 3.8) is 0 Å². The van der Waals surface area contributed by atoms with Crippen LogP contribution in [0.2, 0.25) is 0 Å². The quantitative estimate of drug-likeness (QED) is 0.479. The van der Waals surface area contributed by atoms with Crippen molar-refractivity contribution in [2.24, 2.45) is 0 Å². The summed E-state index contributed by atoms with van der Waals surface area (Å²) < 4.78 is 30.8. The number of hydrogen-bond acceptors (Lipinski definition) is 3. The third-order valence-electron chi connectivity index (χ3n) is 4.37. The molecule has 26 heavy (non-hydrogen) atoms. The molecule has 2 aromatic carbocycles. The van der Waals surface area contributed by atoms with Crippen LogP contribution in [0, 0.1) is 27.7 Å². The predicted octanol–water partition coefficient (Wildman–Crippen LogP) is 4.80. The zero-order chi connectivity index (χ0) is 19.3. The fourth-order valence-corrected chi connectivity index (χ4v) is 5.77. The molecule has 0 radical (unpaired) electrons. The van der Waals surface area contributed by atoms with Crippen LogP contribution >= 0.6 is 8.58 Å². The summed E-state index contributed by atoms with van der Waals surface area (Å²) in [6.07, 6.45) is 2.07. The largest absolute Gasteiger partial charge is 0.297 e. The van der Waals surface area contributed by atoms with Crippen molar-refractivity contribution in [2.75, 3.05) is 6.16 Å². The van der Waals surface area contributed by atoms with Crippen LogP contribution in [0.15, 0.2) is 41.3 Å². The first kappa shape index (κ1) is 21.1. The highest BCUT2D eigenvalue weighted by atomic mass is 32.2. The van der Waals surface area contributed by atoms with Gasteiger partial charge in [-0.1, -0.05) is 57.3 Å². The van der Waals surface area contributed by atoms with Crippen LogP contribution in [0.3, 0.4) is 0 Å². The lowest BCUT2D eigenvalue weighted by Gasteiger charge is -2.19. The molecule has 2 unspecified atom stereocenters. The molecular formula is C21H29O3PS. The molecule has 0 N–H and O–H groups in total. The van der Waals surface area contributed by atoms with Gasteiger partial charge in [0.1, 0.15) is 0 Å². The Kier molecular flexibility index (Phi) is 7.40. The van der Waals surface area contributed by atoms with Gasteiger partial charge in [-0.05, 0) is 68.8 Å². The van der Waals surface area contributed by atoms with Gasteiger partial charge in [-0.15, -0.1) is 0 Å². The molecule has 0 heterocycles. The molecule has 5 heteroatoms. The van der Waals surface area contributed by atoms with Gasteiger partial charge >= 0.3 is 0 Å². The van der Waals surface area contributed by atoms with E-state index >= 15 is 0 Å². The summed E-state index contributed by atoms with van der Waals surface area (Å²) in [5, 5.41) is 1.33. The van der Waals surface area contributed by atoms with Crippen molar-refractivity contribution >= 4 is 24.0 Å². The standard InChI is InChI=1S/C21H29O3PS/c1-6-7-19(14-25-21-17(4)12-16(3)13-18(21)5)24-26(22,23)20-10-8-15(2)9-11-20/h8-13,19,25H,6-7,14H2,1-5H3. The van der Waals surface area contributed by atoms with E-state index in [1.807, 2.05) is 6.92 Å². The molecule has 0 aliphatic heterocycles. The van der Waals surface area contributed by atoms with Gasteiger partial charge in [0.05, 0.1) is 11.0 Å². The Balaban J connectivity index is 2.13. The van der Waals surface area contributed by atoms with E-state index in [4.69, 9.17) is 4.18 Å². The van der Waals surface area contributed by atoms with Crippen molar-refractivity contribution in [3.8, 4) is 0 Å². The normalized spacial score (nSPS) is 13.4.